The van der Waals surface area contributed by atoms with Crippen LogP contribution in [0.25, 0.3) is 11.3 Å². The van der Waals surface area contributed by atoms with Crippen LogP contribution in [0.5, 0.6) is 0 Å². The first-order valence-corrected chi connectivity index (χ1v) is 5.22. The van der Waals surface area contributed by atoms with E-state index in [1.165, 1.54) is 12.4 Å². The second kappa shape index (κ2) is 4.33. The highest BCUT2D eigenvalue weighted by atomic mass is 16.4. The van der Waals surface area contributed by atoms with Crippen molar-refractivity contribution in [3.63, 3.8) is 0 Å². The maximum atomic E-state index is 11.1. The molecule has 0 aliphatic rings. The van der Waals surface area contributed by atoms with Crippen molar-refractivity contribution in [1.82, 2.24) is 9.97 Å². The fraction of sp³-hybridized carbons (Fsp3) is 0.154. The van der Waals surface area contributed by atoms with Gasteiger partial charge in [0.1, 0.15) is 5.69 Å². The number of hydrogen-bond acceptors (Lipinski definition) is 3. The number of carboxylic acids is 1. The van der Waals surface area contributed by atoms with Gasteiger partial charge in [0.2, 0.25) is 0 Å². The van der Waals surface area contributed by atoms with Gasteiger partial charge in [0, 0.05) is 18.0 Å². The van der Waals surface area contributed by atoms with E-state index >= 15 is 0 Å². The van der Waals surface area contributed by atoms with Gasteiger partial charge in [-0.2, -0.15) is 0 Å². The third-order valence-corrected chi connectivity index (χ3v) is 2.76. The van der Waals surface area contributed by atoms with Crippen molar-refractivity contribution in [3.8, 4) is 11.3 Å². The molecule has 4 heteroatoms. The number of carboxylic acid groups (broad SMARTS) is 1. The van der Waals surface area contributed by atoms with Gasteiger partial charge in [0.15, 0.2) is 5.69 Å². The van der Waals surface area contributed by atoms with Gasteiger partial charge in [-0.15, -0.1) is 0 Å². The Labute approximate surface area is 99.0 Å². The maximum Gasteiger partial charge on any atom is 0.356 e. The van der Waals surface area contributed by atoms with E-state index in [-0.39, 0.29) is 5.69 Å². The minimum Gasteiger partial charge on any atom is -0.476 e. The number of nitrogens with zero attached hydrogens (tertiary/aromatic N) is 2. The molecule has 2 rings (SSSR count). The fourth-order valence-corrected chi connectivity index (χ4v) is 1.70. The second-order valence-electron chi connectivity index (χ2n) is 3.81. The molecule has 0 spiro atoms. The Hall–Kier alpha value is -2.23. The van der Waals surface area contributed by atoms with Crippen LogP contribution in [0.2, 0.25) is 0 Å². The first-order valence-electron chi connectivity index (χ1n) is 5.22. The van der Waals surface area contributed by atoms with E-state index in [4.69, 9.17) is 5.11 Å². The van der Waals surface area contributed by atoms with E-state index < -0.39 is 5.97 Å². The largest absolute Gasteiger partial charge is 0.476 e. The molecule has 0 aliphatic heterocycles. The molecule has 1 N–H and O–H groups in total. The van der Waals surface area contributed by atoms with Crippen LogP contribution >= 0.6 is 0 Å². The third kappa shape index (κ3) is 2.01. The van der Waals surface area contributed by atoms with Gasteiger partial charge >= 0.3 is 5.97 Å². The highest BCUT2D eigenvalue weighted by Crippen LogP contribution is 2.25. The van der Waals surface area contributed by atoms with Gasteiger partial charge in [0.25, 0.3) is 0 Å². The summed E-state index contributed by atoms with van der Waals surface area (Å²) in [7, 11) is 0. The van der Waals surface area contributed by atoms with Crippen LogP contribution in [-0.4, -0.2) is 21.0 Å². The first kappa shape index (κ1) is 11.3. The monoisotopic (exact) mass is 228 g/mol. The minimum atomic E-state index is -1.06. The number of rotatable bonds is 2. The molecule has 0 bridgehead atoms. The summed E-state index contributed by atoms with van der Waals surface area (Å²) in [5.41, 5.74) is 3.35. The van der Waals surface area contributed by atoms with E-state index in [0.29, 0.717) is 5.69 Å². The Morgan fingerprint density at radius 2 is 1.88 bits per heavy atom. The molecule has 0 unspecified atom stereocenters. The molecule has 0 radical (unpaired) electrons. The molecule has 1 heterocycles. The molecule has 4 nitrogen and oxygen atoms in total. The highest BCUT2D eigenvalue weighted by molar-refractivity contribution is 5.93. The number of benzene rings is 1. The topological polar surface area (TPSA) is 63.1 Å². The van der Waals surface area contributed by atoms with Crippen LogP contribution in [-0.2, 0) is 0 Å². The van der Waals surface area contributed by atoms with Gasteiger partial charge in [-0.05, 0) is 25.0 Å². The average molecular weight is 228 g/mol. The summed E-state index contributed by atoms with van der Waals surface area (Å²) in [6, 6.07) is 5.73. The molecule has 0 amide bonds. The molecule has 0 aliphatic carbocycles. The molecule has 0 saturated heterocycles. The van der Waals surface area contributed by atoms with E-state index in [2.05, 4.69) is 9.97 Å². The van der Waals surface area contributed by atoms with Crippen LogP contribution in [0.1, 0.15) is 21.6 Å². The zero-order valence-corrected chi connectivity index (χ0v) is 9.64. The zero-order chi connectivity index (χ0) is 12.4. The molecular weight excluding hydrogens is 216 g/mol. The SMILES string of the molecule is Cc1cccc(-c2nccnc2C(=O)O)c1C. The normalized spacial score (nSPS) is 10.2. The Morgan fingerprint density at radius 1 is 1.18 bits per heavy atom. The Balaban J connectivity index is 2.69. The van der Waals surface area contributed by atoms with E-state index in [1.807, 2.05) is 32.0 Å². The smallest absolute Gasteiger partial charge is 0.356 e. The summed E-state index contributed by atoms with van der Waals surface area (Å²) in [6.07, 6.45) is 2.89. The number of hydrogen-bond donors (Lipinski definition) is 1. The second-order valence-corrected chi connectivity index (χ2v) is 3.81. The predicted molar refractivity (Wildman–Crippen MR) is 63.9 cm³/mol. The molecule has 0 saturated carbocycles. The Bertz CT molecular complexity index is 579. The van der Waals surface area contributed by atoms with Crippen molar-refractivity contribution in [3.05, 3.63) is 47.4 Å². The van der Waals surface area contributed by atoms with Crippen LogP contribution in [0.3, 0.4) is 0 Å². The zero-order valence-electron chi connectivity index (χ0n) is 9.64. The lowest BCUT2D eigenvalue weighted by Gasteiger charge is -2.09. The summed E-state index contributed by atoms with van der Waals surface area (Å²) in [4.78, 5) is 19.1. The quantitative estimate of drug-likeness (QED) is 0.857. The fourth-order valence-electron chi connectivity index (χ4n) is 1.70. The molecule has 1 aromatic carbocycles. The van der Waals surface area contributed by atoms with Crippen LogP contribution in [0.4, 0.5) is 0 Å². The van der Waals surface area contributed by atoms with Crippen molar-refractivity contribution < 1.29 is 9.90 Å². The average Bonchev–Trinajstić information content (AvgIpc) is 2.33. The van der Waals surface area contributed by atoms with E-state index in [9.17, 15) is 4.79 Å². The van der Waals surface area contributed by atoms with Crippen molar-refractivity contribution >= 4 is 5.97 Å². The van der Waals surface area contributed by atoms with Crippen LogP contribution in [0.15, 0.2) is 30.6 Å². The predicted octanol–water partition coefficient (Wildman–Crippen LogP) is 2.46. The molecule has 1 aromatic heterocycles. The lowest BCUT2D eigenvalue weighted by atomic mass is 9.99. The number of aryl methyl sites for hydroxylation is 1. The maximum absolute atomic E-state index is 11.1. The van der Waals surface area contributed by atoms with Crippen LogP contribution in [0, 0.1) is 13.8 Å². The van der Waals surface area contributed by atoms with Crippen LogP contribution < -0.4 is 0 Å². The summed E-state index contributed by atoms with van der Waals surface area (Å²) < 4.78 is 0. The van der Waals surface area contributed by atoms with E-state index in [1.54, 1.807) is 0 Å². The van der Waals surface area contributed by atoms with Gasteiger partial charge < -0.3 is 5.11 Å². The van der Waals surface area contributed by atoms with Gasteiger partial charge in [0.05, 0.1) is 0 Å². The van der Waals surface area contributed by atoms with E-state index in [0.717, 1.165) is 16.7 Å². The lowest BCUT2D eigenvalue weighted by molar-refractivity contribution is 0.0691. The molecular formula is C13H12N2O2. The molecule has 0 fully saturated rings. The van der Waals surface area contributed by atoms with Crippen molar-refractivity contribution in [2.24, 2.45) is 0 Å². The van der Waals surface area contributed by atoms with Crippen molar-refractivity contribution in [2.75, 3.05) is 0 Å². The van der Waals surface area contributed by atoms with Gasteiger partial charge in [-0.3, -0.25) is 4.98 Å². The Kier molecular flexibility index (Phi) is 2.87. The van der Waals surface area contributed by atoms with Gasteiger partial charge in [-0.1, -0.05) is 18.2 Å². The minimum absolute atomic E-state index is 0.0128. The third-order valence-electron chi connectivity index (χ3n) is 2.76. The Morgan fingerprint density at radius 3 is 2.59 bits per heavy atom. The molecule has 17 heavy (non-hydrogen) atoms. The van der Waals surface area contributed by atoms with Crippen molar-refractivity contribution in [2.45, 2.75) is 13.8 Å². The number of aromatic carboxylic acids is 1. The molecule has 86 valence electrons. The summed E-state index contributed by atoms with van der Waals surface area (Å²) in [6.45, 7) is 3.93. The van der Waals surface area contributed by atoms with Crippen molar-refractivity contribution in [1.29, 1.82) is 0 Å². The number of aromatic nitrogens is 2. The lowest BCUT2D eigenvalue weighted by Crippen LogP contribution is -2.05. The standard InChI is InChI=1S/C13H12N2O2/c1-8-4-3-5-10(9(8)2)11-12(13(16)17)15-7-6-14-11/h3-7H,1-2H3,(H,16,17). The molecule has 0 atom stereocenters. The first-order chi connectivity index (χ1) is 8.11. The summed E-state index contributed by atoms with van der Waals surface area (Å²) in [5, 5.41) is 9.08. The molecule has 2 aromatic rings. The van der Waals surface area contributed by atoms with Gasteiger partial charge in [-0.25, -0.2) is 9.78 Å². The number of carbonyl (C=O) groups is 1. The summed E-state index contributed by atoms with van der Waals surface area (Å²) in [5.74, 6) is -1.06. The highest BCUT2D eigenvalue weighted by Gasteiger charge is 2.16. The summed E-state index contributed by atoms with van der Waals surface area (Å²) >= 11 is 0.